The van der Waals surface area contributed by atoms with Crippen molar-refractivity contribution >= 4 is 5.91 Å². The second-order valence-corrected chi connectivity index (χ2v) is 7.62. The van der Waals surface area contributed by atoms with Gasteiger partial charge >= 0.3 is 0 Å². The van der Waals surface area contributed by atoms with Gasteiger partial charge in [-0.25, -0.2) is 0 Å². The van der Waals surface area contributed by atoms with Crippen LogP contribution in [0.4, 0.5) is 0 Å². The molecule has 4 heteroatoms. The van der Waals surface area contributed by atoms with E-state index in [-0.39, 0.29) is 11.9 Å². The van der Waals surface area contributed by atoms with Crippen molar-refractivity contribution in [1.29, 1.82) is 0 Å². The van der Waals surface area contributed by atoms with Gasteiger partial charge in [0.2, 0.25) is 5.91 Å². The van der Waals surface area contributed by atoms with Gasteiger partial charge in [-0.15, -0.1) is 0 Å². The second-order valence-electron chi connectivity index (χ2n) is 7.62. The van der Waals surface area contributed by atoms with E-state index in [1.165, 1.54) is 45.2 Å². The topological polar surface area (TPSA) is 35.6 Å². The van der Waals surface area contributed by atoms with Crippen molar-refractivity contribution in [1.82, 2.24) is 15.1 Å². The molecule has 1 saturated carbocycles. The number of benzene rings is 1. The molecule has 2 fully saturated rings. The lowest BCUT2D eigenvalue weighted by molar-refractivity contribution is -0.122. The number of rotatable bonds is 6. The van der Waals surface area contributed by atoms with Gasteiger partial charge in [0, 0.05) is 45.2 Å². The summed E-state index contributed by atoms with van der Waals surface area (Å²) in [7, 11) is 0. The number of carbonyl (C=O) groups excluding carboxylic acids is 1. The molecule has 138 valence electrons. The number of hydrogen-bond acceptors (Lipinski definition) is 3. The fourth-order valence-electron chi connectivity index (χ4n) is 4.20. The van der Waals surface area contributed by atoms with Crippen LogP contribution in [-0.2, 0) is 4.79 Å². The summed E-state index contributed by atoms with van der Waals surface area (Å²) in [6, 6.07) is 11.1. The fourth-order valence-corrected chi connectivity index (χ4v) is 4.20. The summed E-state index contributed by atoms with van der Waals surface area (Å²) in [6.45, 7) is 7.50. The molecule has 3 rings (SSSR count). The summed E-state index contributed by atoms with van der Waals surface area (Å²) in [5.74, 6) is 0.158. The lowest BCUT2D eigenvalue weighted by Gasteiger charge is -2.40. The second kappa shape index (κ2) is 9.35. The number of carbonyl (C=O) groups is 1. The summed E-state index contributed by atoms with van der Waals surface area (Å²) in [5.41, 5.74) is 1.16. The third-order valence-electron chi connectivity index (χ3n) is 5.83. The van der Waals surface area contributed by atoms with Crippen LogP contribution in [0.2, 0.25) is 0 Å². The summed E-state index contributed by atoms with van der Waals surface area (Å²) in [5, 5.41) is 3.12. The number of amides is 1. The molecule has 0 spiro atoms. The normalized spacial score (nSPS) is 21.8. The Kier molecular flexibility index (Phi) is 6.88. The molecule has 1 heterocycles. The third-order valence-corrected chi connectivity index (χ3v) is 5.83. The molecule has 25 heavy (non-hydrogen) atoms. The molecule has 1 unspecified atom stereocenters. The van der Waals surface area contributed by atoms with Crippen molar-refractivity contribution in [2.45, 2.75) is 57.5 Å². The van der Waals surface area contributed by atoms with Crippen molar-refractivity contribution in [3.63, 3.8) is 0 Å². The molecule has 1 amide bonds. The Bertz CT molecular complexity index is 519. The minimum Gasteiger partial charge on any atom is -0.350 e. The number of nitrogens with one attached hydrogen (secondary N) is 1. The molecule has 1 aromatic rings. The van der Waals surface area contributed by atoms with Gasteiger partial charge in [-0.2, -0.15) is 0 Å². The van der Waals surface area contributed by atoms with Crippen molar-refractivity contribution in [3.8, 4) is 0 Å². The maximum Gasteiger partial charge on any atom is 0.221 e. The average Bonchev–Trinajstić information content (AvgIpc) is 2.68. The van der Waals surface area contributed by atoms with Gasteiger partial charge in [-0.1, -0.05) is 49.6 Å². The first-order valence-electron chi connectivity index (χ1n) is 10.0. The predicted octanol–water partition coefficient (Wildman–Crippen LogP) is 3.20. The number of piperazine rings is 1. The van der Waals surface area contributed by atoms with Gasteiger partial charge in [0.15, 0.2) is 0 Å². The van der Waals surface area contributed by atoms with E-state index >= 15 is 0 Å². The third kappa shape index (κ3) is 5.55. The SMILES string of the molecule is CC(NC(=O)CCN1CCN(C2CCCCC2)CC1)c1ccccc1. The van der Waals surface area contributed by atoms with E-state index in [2.05, 4.69) is 34.2 Å². The van der Waals surface area contributed by atoms with Crippen LogP contribution in [0.25, 0.3) is 0 Å². The van der Waals surface area contributed by atoms with E-state index in [0.29, 0.717) is 6.42 Å². The van der Waals surface area contributed by atoms with E-state index < -0.39 is 0 Å². The first kappa shape index (κ1) is 18.4. The Morgan fingerprint density at radius 3 is 2.44 bits per heavy atom. The molecule has 0 bridgehead atoms. The zero-order valence-electron chi connectivity index (χ0n) is 15.6. The van der Waals surface area contributed by atoms with Gasteiger partial charge in [-0.05, 0) is 25.3 Å². The minimum absolute atomic E-state index is 0.0804. The molecule has 1 aliphatic carbocycles. The van der Waals surface area contributed by atoms with Crippen LogP contribution >= 0.6 is 0 Å². The minimum atomic E-state index is 0.0804. The van der Waals surface area contributed by atoms with E-state index in [1.807, 2.05) is 18.2 Å². The number of hydrogen-bond donors (Lipinski definition) is 1. The summed E-state index contributed by atoms with van der Waals surface area (Å²) >= 11 is 0. The molecule has 0 radical (unpaired) electrons. The molecule has 1 saturated heterocycles. The summed E-state index contributed by atoms with van der Waals surface area (Å²) in [6.07, 6.45) is 7.61. The first-order chi connectivity index (χ1) is 12.2. The molecule has 4 nitrogen and oxygen atoms in total. The zero-order chi connectivity index (χ0) is 17.5. The maximum atomic E-state index is 12.2. The molecular weight excluding hydrogens is 310 g/mol. The van der Waals surface area contributed by atoms with Crippen LogP contribution in [0.1, 0.15) is 57.1 Å². The van der Waals surface area contributed by atoms with Crippen molar-refractivity contribution < 1.29 is 4.79 Å². The molecule has 1 aliphatic heterocycles. The summed E-state index contributed by atoms with van der Waals surface area (Å²) in [4.78, 5) is 17.4. The lowest BCUT2D eigenvalue weighted by Crippen LogP contribution is -2.51. The van der Waals surface area contributed by atoms with Crippen LogP contribution in [0, 0.1) is 0 Å². The molecule has 2 aliphatic rings. The van der Waals surface area contributed by atoms with Crippen LogP contribution < -0.4 is 5.32 Å². The molecular formula is C21H33N3O. The molecule has 1 atom stereocenters. The fraction of sp³-hybridized carbons (Fsp3) is 0.667. The van der Waals surface area contributed by atoms with Crippen molar-refractivity contribution in [3.05, 3.63) is 35.9 Å². The highest BCUT2D eigenvalue weighted by molar-refractivity contribution is 5.76. The smallest absolute Gasteiger partial charge is 0.221 e. The van der Waals surface area contributed by atoms with Gasteiger partial charge < -0.3 is 10.2 Å². The highest BCUT2D eigenvalue weighted by atomic mass is 16.1. The largest absolute Gasteiger partial charge is 0.350 e. The van der Waals surface area contributed by atoms with Crippen LogP contribution in [0.3, 0.4) is 0 Å². The average molecular weight is 344 g/mol. The molecule has 1 N–H and O–H groups in total. The maximum absolute atomic E-state index is 12.2. The highest BCUT2D eigenvalue weighted by Gasteiger charge is 2.25. The Labute approximate surface area is 152 Å². The van der Waals surface area contributed by atoms with E-state index in [9.17, 15) is 4.79 Å². The van der Waals surface area contributed by atoms with Gasteiger partial charge in [0.25, 0.3) is 0 Å². The monoisotopic (exact) mass is 343 g/mol. The summed E-state index contributed by atoms with van der Waals surface area (Å²) < 4.78 is 0. The first-order valence-corrected chi connectivity index (χ1v) is 10.0. The van der Waals surface area contributed by atoms with E-state index in [1.54, 1.807) is 0 Å². The molecule has 1 aromatic carbocycles. The number of nitrogens with zero attached hydrogens (tertiary/aromatic N) is 2. The quantitative estimate of drug-likeness (QED) is 0.861. The van der Waals surface area contributed by atoms with Gasteiger partial charge in [-0.3, -0.25) is 9.69 Å². The zero-order valence-corrected chi connectivity index (χ0v) is 15.6. The Morgan fingerprint density at radius 1 is 1.08 bits per heavy atom. The van der Waals surface area contributed by atoms with Crippen LogP contribution in [0.5, 0.6) is 0 Å². The van der Waals surface area contributed by atoms with Gasteiger partial charge in [0.1, 0.15) is 0 Å². The van der Waals surface area contributed by atoms with Crippen LogP contribution in [-0.4, -0.2) is 54.5 Å². The van der Waals surface area contributed by atoms with E-state index in [0.717, 1.165) is 31.2 Å². The predicted molar refractivity (Wildman–Crippen MR) is 103 cm³/mol. The Hall–Kier alpha value is -1.39. The Morgan fingerprint density at radius 2 is 1.76 bits per heavy atom. The van der Waals surface area contributed by atoms with Crippen LogP contribution in [0.15, 0.2) is 30.3 Å². The standard InChI is InChI=1S/C21H33N3O/c1-18(19-8-4-2-5-9-19)22-21(25)12-13-23-14-16-24(17-15-23)20-10-6-3-7-11-20/h2,4-5,8-9,18,20H,3,6-7,10-17H2,1H3,(H,22,25). The van der Waals surface area contributed by atoms with Crippen molar-refractivity contribution in [2.75, 3.05) is 32.7 Å². The Balaban J connectivity index is 1.34. The lowest BCUT2D eigenvalue weighted by atomic mass is 9.94. The van der Waals surface area contributed by atoms with Crippen molar-refractivity contribution in [2.24, 2.45) is 0 Å². The van der Waals surface area contributed by atoms with Gasteiger partial charge in [0.05, 0.1) is 6.04 Å². The van der Waals surface area contributed by atoms with E-state index in [4.69, 9.17) is 0 Å². The highest BCUT2D eigenvalue weighted by Crippen LogP contribution is 2.23. The molecule has 0 aromatic heterocycles.